The highest BCUT2D eigenvalue weighted by atomic mass is 35.5. The predicted octanol–water partition coefficient (Wildman–Crippen LogP) is 2.26. The number of amides is 1. The van der Waals surface area contributed by atoms with E-state index < -0.39 is 0 Å². The second-order valence-electron chi connectivity index (χ2n) is 6.69. The van der Waals surface area contributed by atoms with Gasteiger partial charge >= 0.3 is 0 Å². The van der Waals surface area contributed by atoms with Gasteiger partial charge in [-0.05, 0) is 24.1 Å². The van der Waals surface area contributed by atoms with Crippen LogP contribution in [0.15, 0.2) is 35.1 Å². The molecule has 0 radical (unpaired) electrons. The molecule has 1 saturated heterocycles. The SMILES string of the molecule is CCc1cc(=O)n2nc(N3CCN(C(=O)Cc4cccc(Cl)c4)CC3)sc2n1. The fourth-order valence-electron chi connectivity index (χ4n) is 3.24. The summed E-state index contributed by atoms with van der Waals surface area (Å²) in [6, 6.07) is 8.93. The molecular formula is C19H20ClN5O2S. The fraction of sp³-hybridized carbons (Fsp3) is 0.368. The number of fused-ring (bicyclic) bond motifs is 1. The number of aryl methyl sites for hydroxylation is 1. The van der Waals surface area contributed by atoms with Crippen LogP contribution in [0.4, 0.5) is 5.13 Å². The van der Waals surface area contributed by atoms with Crippen LogP contribution in [0, 0.1) is 0 Å². The Labute approximate surface area is 171 Å². The molecule has 1 aromatic carbocycles. The van der Waals surface area contributed by atoms with Gasteiger partial charge in [0, 0.05) is 43.0 Å². The van der Waals surface area contributed by atoms with Crippen molar-refractivity contribution in [3.63, 3.8) is 0 Å². The number of carbonyl (C=O) groups is 1. The lowest BCUT2D eigenvalue weighted by Crippen LogP contribution is -2.49. The number of halogens is 1. The lowest BCUT2D eigenvalue weighted by molar-refractivity contribution is -0.130. The first-order chi connectivity index (χ1) is 13.5. The summed E-state index contributed by atoms with van der Waals surface area (Å²) in [5.74, 6) is 0.0942. The van der Waals surface area contributed by atoms with Gasteiger partial charge in [-0.25, -0.2) is 4.98 Å². The third-order valence-corrected chi connectivity index (χ3v) is 6.00. The van der Waals surface area contributed by atoms with Gasteiger partial charge < -0.3 is 9.80 Å². The Balaban J connectivity index is 1.42. The molecule has 3 aromatic rings. The Bertz CT molecular complexity index is 1070. The van der Waals surface area contributed by atoms with Crippen molar-refractivity contribution in [2.75, 3.05) is 31.1 Å². The zero-order valence-corrected chi connectivity index (χ0v) is 17.0. The summed E-state index contributed by atoms with van der Waals surface area (Å²) in [6.45, 7) is 4.57. The van der Waals surface area contributed by atoms with Crippen molar-refractivity contribution in [2.45, 2.75) is 19.8 Å². The van der Waals surface area contributed by atoms with Gasteiger partial charge in [-0.1, -0.05) is 42.0 Å². The van der Waals surface area contributed by atoms with Crippen LogP contribution in [0.1, 0.15) is 18.2 Å². The van der Waals surface area contributed by atoms with E-state index in [1.807, 2.05) is 30.0 Å². The number of benzene rings is 1. The molecule has 0 spiro atoms. The fourth-order valence-corrected chi connectivity index (χ4v) is 4.43. The van der Waals surface area contributed by atoms with Gasteiger partial charge in [0.2, 0.25) is 16.0 Å². The Kier molecular flexibility index (Phi) is 5.32. The molecule has 0 N–H and O–H groups in total. The van der Waals surface area contributed by atoms with Crippen LogP contribution in [0.5, 0.6) is 0 Å². The zero-order valence-electron chi connectivity index (χ0n) is 15.5. The van der Waals surface area contributed by atoms with Gasteiger partial charge in [-0.2, -0.15) is 4.52 Å². The molecule has 0 saturated carbocycles. The molecule has 1 fully saturated rings. The van der Waals surface area contributed by atoms with Crippen molar-refractivity contribution in [3.05, 3.63) is 57.0 Å². The molecule has 146 valence electrons. The predicted molar refractivity (Wildman–Crippen MR) is 110 cm³/mol. The molecule has 3 heterocycles. The Morgan fingerprint density at radius 1 is 1.21 bits per heavy atom. The van der Waals surface area contributed by atoms with E-state index in [-0.39, 0.29) is 11.5 Å². The van der Waals surface area contributed by atoms with Crippen molar-refractivity contribution in [3.8, 4) is 0 Å². The number of hydrogen-bond donors (Lipinski definition) is 0. The second-order valence-corrected chi connectivity index (χ2v) is 8.06. The van der Waals surface area contributed by atoms with Crippen molar-refractivity contribution in [1.82, 2.24) is 19.5 Å². The van der Waals surface area contributed by atoms with Crippen molar-refractivity contribution in [1.29, 1.82) is 0 Å². The monoisotopic (exact) mass is 417 g/mol. The van der Waals surface area contributed by atoms with Gasteiger partial charge in [-0.3, -0.25) is 9.59 Å². The highest BCUT2D eigenvalue weighted by Crippen LogP contribution is 2.23. The second kappa shape index (κ2) is 7.89. The molecular weight excluding hydrogens is 398 g/mol. The van der Waals surface area contributed by atoms with Crippen LogP contribution < -0.4 is 10.5 Å². The summed E-state index contributed by atoms with van der Waals surface area (Å²) in [4.78, 5) is 33.8. The highest BCUT2D eigenvalue weighted by Gasteiger charge is 2.24. The summed E-state index contributed by atoms with van der Waals surface area (Å²) in [6.07, 6.45) is 1.06. The van der Waals surface area contributed by atoms with E-state index in [1.54, 1.807) is 6.07 Å². The Hall–Kier alpha value is -2.45. The standard InChI is InChI=1S/C19H20ClN5O2S/c1-2-15-12-17(27)25-18(21-15)28-19(22-25)24-8-6-23(7-9-24)16(26)11-13-4-3-5-14(20)10-13/h3-5,10,12H,2,6-9,11H2,1H3. The van der Waals surface area contributed by atoms with Gasteiger partial charge in [0.1, 0.15) is 0 Å². The minimum atomic E-state index is -0.153. The maximum atomic E-state index is 12.6. The van der Waals surface area contributed by atoms with Crippen LogP contribution in [0.2, 0.25) is 5.02 Å². The number of piperazine rings is 1. The topological polar surface area (TPSA) is 70.8 Å². The molecule has 1 amide bonds. The summed E-state index contributed by atoms with van der Waals surface area (Å²) < 4.78 is 1.36. The largest absolute Gasteiger partial charge is 0.343 e. The summed E-state index contributed by atoms with van der Waals surface area (Å²) in [7, 11) is 0. The van der Waals surface area contributed by atoms with Crippen molar-refractivity contribution < 1.29 is 4.79 Å². The number of anilines is 1. The highest BCUT2D eigenvalue weighted by molar-refractivity contribution is 7.20. The Morgan fingerprint density at radius 3 is 2.71 bits per heavy atom. The van der Waals surface area contributed by atoms with E-state index in [9.17, 15) is 9.59 Å². The molecule has 0 bridgehead atoms. The first-order valence-electron chi connectivity index (χ1n) is 9.20. The van der Waals surface area contributed by atoms with E-state index in [0.29, 0.717) is 49.0 Å². The number of hydrogen-bond acceptors (Lipinski definition) is 6. The van der Waals surface area contributed by atoms with Crippen LogP contribution in [0.25, 0.3) is 4.96 Å². The molecule has 2 aromatic heterocycles. The van der Waals surface area contributed by atoms with Gasteiger partial charge in [0.05, 0.1) is 6.42 Å². The summed E-state index contributed by atoms with van der Waals surface area (Å²) >= 11 is 7.41. The van der Waals surface area contributed by atoms with Crippen LogP contribution in [-0.4, -0.2) is 51.6 Å². The average molecular weight is 418 g/mol. The quantitative estimate of drug-likeness (QED) is 0.651. The van der Waals surface area contributed by atoms with Gasteiger partial charge in [0.25, 0.3) is 5.56 Å². The molecule has 0 atom stereocenters. The normalized spacial score (nSPS) is 14.6. The summed E-state index contributed by atoms with van der Waals surface area (Å²) in [5.41, 5.74) is 1.54. The lowest BCUT2D eigenvalue weighted by atomic mass is 10.1. The maximum Gasteiger partial charge on any atom is 0.275 e. The first-order valence-corrected chi connectivity index (χ1v) is 10.4. The molecule has 7 nitrogen and oxygen atoms in total. The van der Waals surface area contributed by atoms with Crippen molar-refractivity contribution in [2.24, 2.45) is 0 Å². The smallest absolute Gasteiger partial charge is 0.275 e. The first kappa shape index (κ1) is 18.9. The molecule has 1 aliphatic heterocycles. The lowest BCUT2D eigenvalue weighted by Gasteiger charge is -2.34. The summed E-state index contributed by atoms with van der Waals surface area (Å²) in [5, 5.41) is 5.83. The average Bonchev–Trinajstić information content (AvgIpc) is 3.13. The molecule has 4 rings (SSSR count). The minimum absolute atomic E-state index is 0.0942. The van der Waals surface area contributed by atoms with E-state index in [2.05, 4.69) is 15.0 Å². The third kappa shape index (κ3) is 3.88. The zero-order chi connectivity index (χ0) is 19.7. The number of rotatable bonds is 4. The van der Waals surface area contributed by atoms with Crippen LogP contribution in [0.3, 0.4) is 0 Å². The van der Waals surface area contributed by atoms with E-state index in [1.165, 1.54) is 21.9 Å². The van der Waals surface area contributed by atoms with Crippen molar-refractivity contribution >= 4 is 38.9 Å². The van der Waals surface area contributed by atoms with Gasteiger partial charge in [-0.15, -0.1) is 5.10 Å². The van der Waals surface area contributed by atoms with Gasteiger partial charge in [0.15, 0.2) is 0 Å². The minimum Gasteiger partial charge on any atom is -0.343 e. The number of nitrogens with zero attached hydrogens (tertiary/aromatic N) is 5. The van der Waals surface area contributed by atoms with Crippen LogP contribution in [-0.2, 0) is 17.6 Å². The molecule has 9 heteroatoms. The van der Waals surface area contributed by atoms with E-state index in [4.69, 9.17) is 11.6 Å². The molecule has 0 unspecified atom stereocenters. The molecule has 0 aliphatic carbocycles. The maximum absolute atomic E-state index is 12.6. The third-order valence-electron chi connectivity index (χ3n) is 4.80. The number of carbonyl (C=O) groups excluding carboxylic acids is 1. The number of aromatic nitrogens is 3. The van der Waals surface area contributed by atoms with E-state index >= 15 is 0 Å². The Morgan fingerprint density at radius 2 is 2.00 bits per heavy atom. The molecule has 28 heavy (non-hydrogen) atoms. The van der Waals surface area contributed by atoms with Crippen LogP contribution >= 0.6 is 22.9 Å². The molecule has 1 aliphatic rings. The van der Waals surface area contributed by atoms with E-state index in [0.717, 1.165) is 16.4 Å².